The van der Waals surface area contributed by atoms with Gasteiger partial charge in [-0.1, -0.05) is 6.92 Å². The van der Waals surface area contributed by atoms with Crippen molar-refractivity contribution in [3.05, 3.63) is 30.1 Å². The van der Waals surface area contributed by atoms with Crippen LogP contribution < -0.4 is 5.32 Å². The van der Waals surface area contributed by atoms with Crippen LogP contribution in [0.15, 0.2) is 29.3 Å². The number of carbonyl (C=O) groups excluding carboxylic acids is 1. The number of amides is 2. The molecule has 0 aromatic carbocycles. The Morgan fingerprint density at radius 3 is 2.52 bits per heavy atom. The van der Waals surface area contributed by atoms with Crippen LogP contribution in [0.3, 0.4) is 0 Å². The Labute approximate surface area is 187 Å². The van der Waals surface area contributed by atoms with Gasteiger partial charge in [0.05, 0.1) is 27.9 Å². The summed E-state index contributed by atoms with van der Waals surface area (Å²) < 4.78 is 66.1. The molecule has 3 aromatic heterocycles. The topological polar surface area (TPSA) is 110 Å². The van der Waals surface area contributed by atoms with E-state index in [1.165, 1.54) is 30.7 Å². The van der Waals surface area contributed by atoms with Gasteiger partial charge >= 0.3 is 12.2 Å². The van der Waals surface area contributed by atoms with Crippen LogP contribution >= 0.6 is 0 Å². The molecule has 4 rings (SSSR count). The van der Waals surface area contributed by atoms with Gasteiger partial charge in [-0.05, 0) is 31.0 Å². The number of hydrogen-bond donors (Lipinski definition) is 1. The highest BCUT2D eigenvalue weighted by Crippen LogP contribution is 2.33. The predicted molar refractivity (Wildman–Crippen MR) is 114 cm³/mol. The molecule has 1 aliphatic rings. The van der Waals surface area contributed by atoms with Gasteiger partial charge in [-0.2, -0.15) is 13.2 Å². The van der Waals surface area contributed by atoms with E-state index in [9.17, 15) is 26.4 Å². The summed E-state index contributed by atoms with van der Waals surface area (Å²) in [6.07, 6.45) is -1.83. The lowest BCUT2D eigenvalue weighted by atomic mass is 10.3. The fourth-order valence-corrected chi connectivity index (χ4v) is 4.66. The second-order valence-electron chi connectivity index (χ2n) is 7.62. The molecule has 1 saturated heterocycles. The maximum absolute atomic E-state index is 13.1. The van der Waals surface area contributed by atoms with E-state index < -0.39 is 21.7 Å². The molecule has 3 aromatic rings. The van der Waals surface area contributed by atoms with Crippen molar-refractivity contribution in [1.82, 2.24) is 24.4 Å². The summed E-state index contributed by atoms with van der Waals surface area (Å²) in [5.41, 5.74) is -0.918. The molecule has 176 valence electrons. The molecule has 4 heterocycles. The summed E-state index contributed by atoms with van der Waals surface area (Å²) in [6.45, 7) is 2.69. The van der Waals surface area contributed by atoms with Gasteiger partial charge in [0.15, 0.2) is 15.7 Å². The molecule has 33 heavy (non-hydrogen) atoms. The first kappa shape index (κ1) is 23.0. The third-order valence-electron chi connectivity index (χ3n) is 5.47. The molecule has 0 radical (unpaired) electrons. The zero-order valence-corrected chi connectivity index (χ0v) is 18.7. The van der Waals surface area contributed by atoms with Crippen LogP contribution in [0.5, 0.6) is 0 Å². The summed E-state index contributed by atoms with van der Waals surface area (Å²) in [7, 11) is -2.23. The summed E-state index contributed by atoms with van der Waals surface area (Å²) in [4.78, 5) is 26.0. The molecule has 0 saturated carbocycles. The molecule has 9 nitrogen and oxygen atoms in total. The van der Waals surface area contributed by atoms with Crippen molar-refractivity contribution in [3.8, 4) is 11.5 Å². The number of hydrogen-bond acceptors (Lipinski definition) is 6. The molecule has 1 fully saturated rings. The first-order valence-corrected chi connectivity index (χ1v) is 11.9. The number of nitrogens with one attached hydrogen (secondary N) is 1. The fraction of sp³-hybridized carbons (Fsp3) is 0.400. The first-order valence-electron chi connectivity index (χ1n) is 10.2. The predicted octanol–water partition coefficient (Wildman–Crippen LogP) is 3.47. The molecule has 0 aliphatic carbocycles. The van der Waals surface area contributed by atoms with Crippen LogP contribution in [-0.4, -0.2) is 57.7 Å². The van der Waals surface area contributed by atoms with E-state index in [1.807, 2.05) is 0 Å². The average molecular weight is 482 g/mol. The van der Waals surface area contributed by atoms with Gasteiger partial charge in [0.1, 0.15) is 17.2 Å². The van der Waals surface area contributed by atoms with Crippen molar-refractivity contribution in [3.63, 3.8) is 0 Å². The quantitative estimate of drug-likeness (QED) is 0.610. The number of carbonyl (C=O) groups is 1. The number of imidazole rings is 1. The summed E-state index contributed by atoms with van der Waals surface area (Å²) in [6, 6.07) is 3.14. The number of likely N-dealkylation sites (tertiary alicyclic amines) is 1. The van der Waals surface area contributed by atoms with E-state index in [4.69, 9.17) is 0 Å². The minimum absolute atomic E-state index is 0.0111. The normalized spacial score (nSPS) is 14.8. The summed E-state index contributed by atoms with van der Waals surface area (Å²) in [5, 5.41) is 2.66. The van der Waals surface area contributed by atoms with E-state index in [0.717, 1.165) is 25.1 Å². The van der Waals surface area contributed by atoms with E-state index in [-0.39, 0.29) is 45.0 Å². The van der Waals surface area contributed by atoms with Gasteiger partial charge in [-0.15, -0.1) is 0 Å². The zero-order valence-electron chi connectivity index (χ0n) is 17.8. The number of urea groups is 1. The van der Waals surface area contributed by atoms with E-state index >= 15 is 0 Å². The third-order valence-corrected chi connectivity index (χ3v) is 7.23. The standard InChI is InChI=1S/C20H21F3N6O3S/c1-3-33(31,32)14-6-7-16(27-19(30)29-8-4-5-9-29)26-17(14)18-25-12-10-15(20(21,22)23)24-11-13(12)28(18)2/h6-7,10-11H,3-5,8-9H2,1-2H3,(H,26,27,30). The Balaban J connectivity index is 1.84. The van der Waals surface area contributed by atoms with E-state index in [0.29, 0.717) is 13.1 Å². The van der Waals surface area contributed by atoms with Gasteiger partial charge in [-0.3, -0.25) is 5.32 Å². The minimum Gasteiger partial charge on any atom is -0.324 e. The molecule has 0 atom stereocenters. The Morgan fingerprint density at radius 1 is 1.18 bits per heavy atom. The lowest BCUT2D eigenvalue weighted by Gasteiger charge is -2.17. The molecular weight excluding hydrogens is 461 g/mol. The highest BCUT2D eigenvalue weighted by molar-refractivity contribution is 7.91. The number of halogens is 3. The number of alkyl halides is 3. The minimum atomic E-state index is -4.65. The largest absolute Gasteiger partial charge is 0.433 e. The number of aromatic nitrogens is 4. The SMILES string of the molecule is CCS(=O)(=O)c1ccc(NC(=O)N2CCCC2)nc1-c1nc2cc(C(F)(F)F)ncc2n1C. The van der Waals surface area contributed by atoms with Gasteiger partial charge in [0.25, 0.3) is 0 Å². The number of fused-ring (bicyclic) bond motifs is 1. The van der Waals surface area contributed by atoms with Crippen molar-refractivity contribution in [2.75, 3.05) is 24.2 Å². The number of nitrogens with zero attached hydrogens (tertiary/aromatic N) is 5. The number of sulfone groups is 1. The molecule has 13 heteroatoms. The Kier molecular flexibility index (Phi) is 5.76. The lowest BCUT2D eigenvalue weighted by Crippen LogP contribution is -2.32. The van der Waals surface area contributed by atoms with Crippen LogP contribution in [0, 0.1) is 0 Å². The van der Waals surface area contributed by atoms with Gasteiger partial charge < -0.3 is 9.47 Å². The smallest absolute Gasteiger partial charge is 0.324 e. The fourth-order valence-electron chi connectivity index (χ4n) is 3.65. The molecule has 0 unspecified atom stereocenters. The van der Waals surface area contributed by atoms with Gasteiger partial charge in [0, 0.05) is 20.1 Å². The monoisotopic (exact) mass is 482 g/mol. The van der Waals surface area contributed by atoms with Gasteiger partial charge in [0.2, 0.25) is 0 Å². The van der Waals surface area contributed by atoms with E-state index in [2.05, 4.69) is 20.3 Å². The lowest BCUT2D eigenvalue weighted by molar-refractivity contribution is -0.141. The van der Waals surface area contributed by atoms with Gasteiger partial charge in [-0.25, -0.2) is 28.2 Å². The third kappa shape index (κ3) is 4.36. The maximum atomic E-state index is 13.1. The molecular formula is C20H21F3N6O3S. The number of pyridine rings is 2. The van der Waals surface area contributed by atoms with Crippen LogP contribution in [0.1, 0.15) is 25.5 Å². The molecule has 1 N–H and O–H groups in total. The molecule has 0 bridgehead atoms. The maximum Gasteiger partial charge on any atom is 0.433 e. The Morgan fingerprint density at radius 2 is 1.88 bits per heavy atom. The van der Waals surface area contributed by atoms with Crippen LogP contribution in [0.25, 0.3) is 22.6 Å². The van der Waals surface area contributed by atoms with Crippen molar-refractivity contribution in [2.24, 2.45) is 7.05 Å². The second-order valence-corrected chi connectivity index (χ2v) is 9.87. The average Bonchev–Trinajstić information content (AvgIpc) is 3.41. The molecule has 0 spiro atoms. The van der Waals surface area contributed by atoms with E-state index in [1.54, 1.807) is 4.90 Å². The van der Waals surface area contributed by atoms with Crippen molar-refractivity contribution < 1.29 is 26.4 Å². The highest BCUT2D eigenvalue weighted by atomic mass is 32.2. The number of rotatable bonds is 4. The van der Waals surface area contributed by atoms with Crippen LogP contribution in [0.4, 0.5) is 23.8 Å². The number of aryl methyl sites for hydroxylation is 1. The molecule has 1 aliphatic heterocycles. The van der Waals surface area contributed by atoms with Crippen LogP contribution in [0.2, 0.25) is 0 Å². The second kappa shape index (κ2) is 8.28. The Bertz CT molecular complexity index is 1330. The molecule has 2 amide bonds. The van der Waals surface area contributed by atoms with Crippen LogP contribution in [-0.2, 0) is 23.1 Å². The zero-order chi connectivity index (χ0) is 24.0. The highest BCUT2D eigenvalue weighted by Gasteiger charge is 2.33. The number of anilines is 1. The summed E-state index contributed by atoms with van der Waals surface area (Å²) in [5.74, 6) is -0.0706. The summed E-state index contributed by atoms with van der Waals surface area (Å²) >= 11 is 0. The Hall–Kier alpha value is -3.22. The van der Waals surface area contributed by atoms with Crippen molar-refractivity contribution in [2.45, 2.75) is 30.8 Å². The van der Waals surface area contributed by atoms with Crippen molar-refractivity contribution >= 4 is 32.7 Å². The first-order chi connectivity index (χ1) is 15.5. The van der Waals surface area contributed by atoms with Crippen molar-refractivity contribution in [1.29, 1.82) is 0 Å².